The zero-order valence-electron chi connectivity index (χ0n) is 12.1. The lowest BCUT2D eigenvalue weighted by atomic mass is 10.2. The molecule has 0 aliphatic heterocycles. The molecule has 0 atom stereocenters. The summed E-state index contributed by atoms with van der Waals surface area (Å²) in [7, 11) is 0. The van der Waals surface area contributed by atoms with Crippen molar-refractivity contribution < 1.29 is 14.7 Å². The van der Waals surface area contributed by atoms with Gasteiger partial charge in [-0.1, -0.05) is 13.8 Å². The number of aliphatic carboxylic acids is 1. The Morgan fingerprint density at radius 2 is 1.84 bits per heavy atom. The Hall–Kier alpha value is -1.77. The molecule has 0 heterocycles. The van der Waals surface area contributed by atoms with Crippen LogP contribution >= 0.6 is 0 Å². The summed E-state index contributed by atoms with van der Waals surface area (Å²) in [5.41, 5.74) is 0. The summed E-state index contributed by atoms with van der Waals surface area (Å²) in [6, 6.07) is 1.49. The second kappa shape index (κ2) is 8.35. The van der Waals surface area contributed by atoms with Crippen molar-refractivity contribution >= 4 is 12.0 Å². The molecule has 1 N–H and O–H groups in total. The summed E-state index contributed by atoms with van der Waals surface area (Å²) in [4.78, 5) is 26.0. The molecule has 0 aromatic heterocycles. The van der Waals surface area contributed by atoms with Crippen LogP contribution < -0.4 is 0 Å². The molecule has 6 nitrogen and oxygen atoms in total. The van der Waals surface area contributed by atoms with Crippen LogP contribution in [0.15, 0.2) is 0 Å². The number of amides is 2. The largest absolute Gasteiger partial charge is 0.480 e. The molecule has 0 rings (SSSR count). The van der Waals surface area contributed by atoms with Crippen LogP contribution in [0.3, 0.4) is 0 Å². The van der Waals surface area contributed by atoms with Crippen LogP contribution in [0.1, 0.15) is 34.1 Å². The molecule has 6 heteroatoms. The molecule has 0 bridgehead atoms. The van der Waals surface area contributed by atoms with Crippen molar-refractivity contribution in [2.24, 2.45) is 5.92 Å². The molecule has 19 heavy (non-hydrogen) atoms. The van der Waals surface area contributed by atoms with Crippen molar-refractivity contribution in [3.63, 3.8) is 0 Å². The Morgan fingerprint density at radius 1 is 1.26 bits per heavy atom. The number of rotatable bonds is 7. The summed E-state index contributed by atoms with van der Waals surface area (Å²) in [6.07, 6.45) is 0.247. The molecule has 2 amide bonds. The van der Waals surface area contributed by atoms with Crippen molar-refractivity contribution in [2.45, 2.75) is 40.2 Å². The van der Waals surface area contributed by atoms with Gasteiger partial charge in [0.15, 0.2) is 0 Å². The zero-order valence-corrected chi connectivity index (χ0v) is 12.1. The lowest BCUT2D eigenvalue weighted by Gasteiger charge is -2.32. The lowest BCUT2D eigenvalue weighted by molar-refractivity contribution is -0.138. The third-order valence-electron chi connectivity index (χ3n) is 2.52. The molecule has 0 aromatic rings. The van der Waals surface area contributed by atoms with E-state index in [4.69, 9.17) is 10.4 Å². The Balaban J connectivity index is 4.89. The third-order valence-corrected chi connectivity index (χ3v) is 2.52. The van der Waals surface area contributed by atoms with Crippen molar-refractivity contribution in [3.8, 4) is 6.07 Å². The van der Waals surface area contributed by atoms with Crippen LogP contribution in [0, 0.1) is 17.2 Å². The Bertz CT molecular complexity index is 348. The SMILES string of the molecule is CC(C)CN(CCC#N)C(=O)N(CC(=O)O)C(C)C. The van der Waals surface area contributed by atoms with Crippen molar-refractivity contribution in [1.29, 1.82) is 5.26 Å². The van der Waals surface area contributed by atoms with Gasteiger partial charge in [0, 0.05) is 19.1 Å². The fraction of sp³-hybridized carbons (Fsp3) is 0.769. The molecule has 0 aliphatic carbocycles. The number of nitrogens with zero attached hydrogens (tertiary/aromatic N) is 3. The van der Waals surface area contributed by atoms with Gasteiger partial charge in [0.2, 0.25) is 0 Å². The van der Waals surface area contributed by atoms with E-state index < -0.39 is 5.97 Å². The van der Waals surface area contributed by atoms with Gasteiger partial charge in [0.25, 0.3) is 0 Å². The van der Waals surface area contributed by atoms with Crippen molar-refractivity contribution in [1.82, 2.24) is 9.80 Å². The average Bonchev–Trinajstić information content (AvgIpc) is 2.29. The van der Waals surface area contributed by atoms with Gasteiger partial charge in [-0.2, -0.15) is 5.26 Å². The topological polar surface area (TPSA) is 84.6 Å². The number of carboxylic acids is 1. The van der Waals surface area contributed by atoms with Gasteiger partial charge in [-0.3, -0.25) is 4.79 Å². The van der Waals surface area contributed by atoms with E-state index in [1.807, 2.05) is 19.9 Å². The molecule has 0 unspecified atom stereocenters. The van der Waals surface area contributed by atoms with E-state index in [2.05, 4.69) is 0 Å². The number of hydrogen-bond acceptors (Lipinski definition) is 3. The predicted octanol–water partition coefficient (Wildman–Crippen LogP) is 1.77. The number of nitriles is 1. The molecule has 0 saturated carbocycles. The van der Waals surface area contributed by atoms with E-state index in [9.17, 15) is 9.59 Å². The van der Waals surface area contributed by atoms with Gasteiger partial charge >= 0.3 is 12.0 Å². The van der Waals surface area contributed by atoms with Gasteiger partial charge in [-0.25, -0.2) is 4.79 Å². The fourth-order valence-electron chi connectivity index (χ4n) is 1.69. The second-order valence-corrected chi connectivity index (χ2v) is 5.15. The minimum Gasteiger partial charge on any atom is -0.480 e. The molecule has 0 saturated heterocycles. The Kier molecular flexibility index (Phi) is 7.57. The number of hydrogen-bond donors (Lipinski definition) is 1. The molecular weight excluding hydrogens is 246 g/mol. The van der Waals surface area contributed by atoms with E-state index in [1.54, 1.807) is 18.7 Å². The van der Waals surface area contributed by atoms with Crippen LogP contribution in [-0.2, 0) is 4.79 Å². The van der Waals surface area contributed by atoms with Crippen LogP contribution in [0.4, 0.5) is 4.79 Å². The molecule has 0 radical (unpaired) electrons. The first-order valence-corrected chi connectivity index (χ1v) is 6.43. The highest BCUT2D eigenvalue weighted by Crippen LogP contribution is 2.08. The standard InChI is InChI=1S/C13H23N3O3/c1-10(2)8-15(7-5-6-14)13(19)16(11(3)4)9-12(17)18/h10-11H,5,7-9H2,1-4H3,(H,17,18). The van der Waals surface area contributed by atoms with Gasteiger partial charge in [-0.05, 0) is 19.8 Å². The van der Waals surface area contributed by atoms with E-state index in [1.165, 1.54) is 4.90 Å². The Morgan fingerprint density at radius 3 is 2.21 bits per heavy atom. The van der Waals surface area contributed by atoms with Crippen LogP contribution in [0.2, 0.25) is 0 Å². The molecule has 0 fully saturated rings. The first-order chi connectivity index (χ1) is 8.79. The number of urea groups is 1. The highest BCUT2D eigenvalue weighted by Gasteiger charge is 2.25. The van der Waals surface area contributed by atoms with Crippen molar-refractivity contribution in [2.75, 3.05) is 19.6 Å². The van der Waals surface area contributed by atoms with Crippen LogP contribution in [0.25, 0.3) is 0 Å². The number of carbonyl (C=O) groups excluding carboxylic acids is 1. The second-order valence-electron chi connectivity index (χ2n) is 5.15. The van der Waals surface area contributed by atoms with Gasteiger partial charge in [0.05, 0.1) is 12.5 Å². The van der Waals surface area contributed by atoms with E-state index >= 15 is 0 Å². The van der Waals surface area contributed by atoms with Gasteiger partial charge in [-0.15, -0.1) is 0 Å². The van der Waals surface area contributed by atoms with Gasteiger partial charge < -0.3 is 14.9 Å². The maximum absolute atomic E-state index is 12.3. The summed E-state index contributed by atoms with van der Waals surface area (Å²) >= 11 is 0. The Labute approximate surface area is 114 Å². The molecule has 0 aromatic carbocycles. The predicted molar refractivity (Wildman–Crippen MR) is 71.5 cm³/mol. The van der Waals surface area contributed by atoms with E-state index in [-0.39, 0.29) is 31.0 Å². The summed E-state index contributed by atoms with van der Waals surface area (Å²) in [5.74, 6) is -0.770. The number of carboxylic acid groups (broad SMARTS) is 1. The first-order valence-electron chi connectivity index (χ1n) is 6.43. The normalized spacial score (nSPS) is 10.4. The zero-order chi connectivity index (χ0) is 15.0. The highest BCUT2D eigenvalue weighted by atomic mass is 16.4. The van der Waals surface area contributed by atoms with E-state index in [0.717, 1.165) is 0 Å². The summed E-state index contributed by atoms with van der Waals surface area (Å²) < 4.78 is 0. The quantitative estimate of drug-likeness (QED) is 0.763. The molecule has 0 aliphatic rings. The molecule has 0 spiro atoms. The minimum atomic E-state index is -1.04. The van der Waals surface area contributed by atoms with Crippen LogP contribution in [-0.4, -0.2) is 52.6 Å². The first kappa shape index (κ1) is 17.2. The fourth-order valence-corrected chi connectivity index (χ4v) is 1.69. The van der Waals surface area contributed by atoms with Crippen molar-refractivity contribution in [3.05, 3.63) is 0 Å². The summed E-state index contributed by atoms with van der Waals surface area (Å²) in [5, 5.41) is 17.5. The maximum atomic E-state index is 12.3. The third kappa shape index (κ3) is 6.65. The highest BCUT2D eigenvalue weighted by molar-refractivity contribution is 5.80. The minimum absolute atomic E-state index is 0.194. The summed E-state index contributed by atoms with van der Waals surface area (Å²) in [6.45, 7) is 8.03. The van der Waals surface area contributed by atoms with Gasteiger partial charge in [0.1, 0.15) is 6.54 Å². The molecule has 108 valence electrons. The number of carbonyl (C=O) groups is 2. The van der Waals surface area contributed by atoms with E-state index in [0.29, 0.717) is 13.1 Å². The monoisotopic (exact) mass is 269 g/mol. The lowest BCUT2D eigenvalue weighted by Crippen LogP contribution is -2.49. The smallest absolute Gasteiger partial charge is 0.323 e. The maximum Gasteiger partial charge on any atom is 0.323 e. The molecular formula is C13H23N3O3. The average molecular weight is 269 g/mol. The van der Waals surface area contributed by atoms with Crippen LogP contribution in [0.5, 0.6) is 0 Å².